The Morgan fingerprint density at radius 3 is 2.60 bits per heavy atom. The van der Waals surface area contributed by atoms with Crippen LogP contribution in [0.1, 0.15) is 23.2 Å². The highest BCUT2D eigenvalue weighted by Gasteiger charge is 2.27. The molecule has 0 atom stereocenters. The van der Waals surface area contributed by atoms with E-state index in [1.165, 1.54) is 16.4 Å². The molecular formula is C25H20Cl2N4O3S. The monoisotopic (exact) mass is 526 g/mol. The molecule has 0 saturated carbocycles. The van der Waals surface area contributed by atoms with Crippen molar-refractivity contribution in [1.29, 1.82) is 0 Å². The highest BCUT2D eigenvalue weighted by Crippen LogP contribution is 2.31. The smallest absolute Gasteiger partial charge is 0.257 e. The lowest BCUT2D eigenvalue weighted by atomic mass is 10.1. The lowest BCUT2D eigenvalue weighted by molar-refractivity contribution is 0.102. The molecule has 35 heavy (non-hydrogen) atoms. The van der Waals surface area contributed by atoms with Crippen molar-refractivity contribution in [3.05, 3.63) is 82.5 Å². The van der Waals surface area contributed by atoms with Crippen molar-refractivity contribution < 1.29 is 13.2 Å². The third-order valence-corrected chi connectivity index (χ3v) is 8.30. The van der Waals surface area contributed by atoms with Crippen LogP contribution in [0.3, 0.4) is 0 Å². The van der Waals surface area contributed by atoms with Gasteiger partial charge in [-0.1, -0.05) is 41.4 Å². The second kappa shape index (κ2) is 9.45. The molecule has 7 nitrogen and oxygen atoms in total. The number of amides is 1. The number of carbonyl (C=O) groups is 1. The maximum atomic E-state index is 13.0. The second-order valence-corrected chi connectivity index (χ2v) is 11.0. The van der Waals surface area contributed by atoms with Gasteiger partial charge >= 0.3 is 0 Å². The summed E-state index contributed by atoms with van der Waals surface area (Å²) in [6.45, 7) is 0.397. The molecule has 1 N–H and O–H groups in total. The molecule has 0 bridgehead atoms. The zero-order valence-corrected chi connectivity index (χ0v) is 20.7. The van der Waals surface area contributed by atoms with Crippen LogP contribution in [0.25, 0.3) is 22.3 Å². The number of nitrogens with zero attached hydrogens (tertiary/aromatic N) is 3. The number of hydrogen-bond acceptors (Lipinski definition) is 5. The summed E-state index contributed by atoms with van der Waals surface area (Å²) in [6.07, 6.45) is 3.14. The Kier molecular flexibility index (Phi) is 6.35. The average molecular weight is 527 g/mol. The summed E-state index contributed by atoms with van der Waals surface area (Å²) in [7, 11) is -3.37. The number of anilines is 2. The predicted molar refractivity (Wildman–Crippen MR) is 140 cm³/mol. The van der Waals surface area contributed by atoms with Gasteiger partial charge in [-0.2, -0.15) is 0 Å². The van der Waals surface area contributed by atoms with E-state index in [1.807, 2.05) is 24.3 Å². The normalized spacial score (nSPS) is 15.2. The van der Waals surface area contributed by atoms with Crippen molar-refractivity contribution in [3.8, 4) is 11.4 Å². The van der Waals surface area contributed by atoms with Crippen molar-refractivity contribution >= 4 is 61.4 Å². The molecule has 5 rings (SSSR count). The maximum absolute atomic E-state index is 13.0. The molecule has 0 radical (unpaired) electrons. The largest absolute Gasteiger partial charge is 0.322 e. The Morgan fingerprint density at radius 1 is 0.971 bits per heavy atom. The lowest BCUT2D eigenvalue weighted by Crippen LogP contribution is -2.37. The number of fused-ring (bicyclic) bond motifs is 1. The van der Waals surface area contributed by atoms with E-state index in [1.54, 1.807) is 30.5 Å². The molecule has 178 valence electrons. The fourth-order valence-electron chi connectivity index (χ4n) is 4.00. The number of aromatic nitrogens is 2. The molecule has 1 fully saturated rings. The number of sulfonamides is 1. The minimum absolute atomic E-state index is 0.104. The molecule has 1 saturated heterocycles. The van der Waals surface area contributed by atoms with Gasteiger partial charge in [-0.25, -0.2) is 18.4 Å². The standard InChI is InChI=1S/C25H20Cl2N4O3S/c26-21-10-7-17(13-20(21)24-28-15-16-5-1-2-6-23(16)30-24)29-25(32)19-9-8-18(14-22(19)27)31-11-3-4-12-35(31,33)34/h1-2,5-10,13-15H,3-4,11-12H2,(H,29,32). The van der Waals surface area contributed by atoms with Gasteiger partial charge in [0.15, 0.2) is 5.82 Å². The van der Waals surface area contributed by atoms with Gasteiger partial charge in [0, 0.05) is 29.4 Å². The topological polar surface area (TPSA) is 92.3 Å². The Morgan fingerprint density at radius 2 is 1.80 bits per heavy atom. The molecule has 2 heterocycles. The van der Waals surface area contributed by atoms with Gasteiger partial charge in [-0.3, -0.25) is 9.10 Å². The summed E-state index contributed by atoms with van der Waals surface area (Å²) in [5.41, 5.74) is 2.53. The zero-order valence-electron chi connectivity index (χ0n) is 18.4. The third kappa shape index (κ3) is 4.82. The molecule has 1 aliphatic heterocycles. The summed E-state index contributed by atoms with van der Waals surface area (Å²) in [6, 6.07) is 17.3. The summed E-state index contributed by atoms with van der Waals surface area (Å²) >= 11 is 12.8. The van der Waals surface area contributed by atoms with Gasteiger partial charge in [-0.15, -0.1) is 0 Å². The van der Waals surface area contributed by atoms with Gasteiger partial charge in [0.25, 0.3) is 5.91 Å². The number of nitrogens with one attached hydrogen (secondary N) is 1. The molecule has 0 spiro atoms. The van der Waals surface area contributed by atoms with E-state index in [0.717, 1.165) is 17.3 Å². The Balaban J connectivity index is 1.40. The molecule has 0 aliphatic carbocycles. The van der Waals surface area contributed by atoms with E-state index in [0.29, 0.717) is 40.8 Å². The van der Waals surface area contributed by atoms with Crippen molar-refractivity contribution in [1.82, 2.24) is 9.97 Å². The number of benzene rings is 3. The summed E-state index contributed by atoms with van der Waals surface area (Å²) in [5, 5.41) is 4.34. The lowest BCUT2D eigenvalue weighted by Gasteiger charge is -2.28. The summed E-state index contributed by atoms with van der Waals surface area (Å²) in [5.74, 6) is 0.109. The Hall–Kier alpha value is -3.20. The number of carbonyl (C=O) groups excluding carboxylic acids is 1. The number of hydrogen-bond donors (Lipinski definition) is 1. The van der Waals surface area contributed by atoms with E-state index >= 15 is 0 Å². The number of rotatable bonds is 4. The Labute approximate surface area is 212 Å². The first-order valence-corrected chi connectivity index (χ1v) is 13.3. The van der Waals surface area contributed by atoms with Crippen molar-refractivity contribution in [2.45, 2.75) is 12.8 Å². The van der Waals surface area contributed by atoms with Crippen LogP contribution in [0.5, 0.6) is 0 Å². The van der Waals surface area contributed by atoms with E-state index < -0.39 is 15.9 Å². The molecule has 1 aromatic heterocycles. The van der Waals surface area contributed by atoms with E-state index in [4.69, 9.17) is 23.2 Å². The van der Waals surface area contributed by atoms with Crippen molar-refractivity contribution in [2.75, 3.05) is 21.9 Å². The molecular weight excluding hydrogens is 507 g/mol. The van der Waals surface area contributed by atoms with Crippen LogP contribution >= 0.6 is 23.2 Å². The molecule has 3 aromatic carbocycles. The SMILES string of the molecule is O=C(Nc1ccc(Cl)c(-c2ncc3ccccc3n2)c1)c1ccc(N2CCCCS2(=O)=O)cc1Cl. The zero-order chi connectivity index (χ0) is 24.6. The molecule has 4 aromatic rings. The molecule has 0 unspecified atom stereocenters. The fraction of sp³-hybridized carbons (Fsp3) is 0.160. The van der Waals surface area contributed by atoms with E-state index in [-0.39, 0.29) is 16.3 Å². The molecule has 1 aliphatic rings. The number of halogens is 2. The highest BCUT2D eigenvalue weighted by molar-refractivity contribution is 7.92. The maximum Gasteiger partial charge on any atom is 0.257 e. The average Bonchev–Trinajstić information content (AvgIpc) is 2.84. The van der Waals surface area contributed by atoms with Gasteiger partial charge in [0.05, 0.1) is 32.6 Å². The van der Waals surface area contributed by atoms with Crippen LogP contribution in [0.2, 0.25) is 10.0 Å². The van der Waals surface area contributed by atoms with Gasteiger partial charge in [-0.05, 0) is 55.3 Å². The van der Waals surface area contributed by atoms with Crippen LogP contribution in [0, 0.1) is 0 Å². The van der Waals surface area contributed by atoms with Crippen LogP contribution in [-0.4, -0.2) is 36.6 Å². The first kappa shape index (κ1) is 23.5. The minimum Gasteiger partial charge on any atom is -0.322 e. The summed E-state index contributed by atoms with van der Waals surface area (Å²) in [4.78, 5) is 22.0. The van der Waals surface area contributed by atoms with Crippen LogP contribution < -0.4 is 9.62 Å². The minimum atomic E-state index is -3.37. The van der Waals surface area contributed by atoms with Crippen molar-refractivity contribution in [2.24, 2.45) is 0 Å². The molecule has 10 heteroatoms. The first-order chi connectivity index (χ1) is 16.8. The predicted octanol–water partition coefficient (Wildman–Crippen LogP) is 5.79. The van der Waals surface area contributed by atoms with Gasteiger partial charge in [0.2, 0.25) is 10.0 Å². The Bertz CT molecular complexity index is 1560. The van der Waals surface area contributed by atoms with E-state index in [9.17, 15) is 13.2 Å². The van der Waals surface area contributed by atoms with Gasteiger partial charge < -0.3 is 5.32 Å². The fourth-order valence-corrected chi connectivity index (χ4v) is 6.09. The van der Waals surface area contributed by atoms with E-state index in [2.05, 4.69) is 15.3 Å². The van der Waals surface area contributed by atoms with Crippen LogP contribution in [0.4, 0.5) is 11.4 Å². The quantitative estimate of drug-likeness (QED) is 0.363. The van der Waals surface area contributed by atoms with Gasteiger partial charge in [0.1, 0.15) is 0 Å². The molecule has 1 amide bonds. The third-order valence-electron chi connectivity index (χ3n) is 5.79. The second-order valence-electron chi connectivity index (χ2n) is 8.16. The number of para-hydroxylation sites is 1. The van der Waals surface area contributed by atoms with Crippen LogP contribution in [-0.2, 0) is 10.0 Å². The van der Waals surface area contributed by atoms with Crippen molar-refractivity contribution in [3.63, 3.8) is 0 Å². The first-order valence-electron chi connectivity index (χ1n) is 10.9. The van der Waals surface area contributed by atoms with Crippen LogP contribution in [0.15, 0.2) is 66.9 Å². The highest BCUT2D eigenvalue weighted by atomic mass is 35.5. The summed E-state index contributed by atoms with van der Waals surface area (Å²) < 4.78 is 26.1.